The minimum Gasteiger partial charge on any atom is -0.396 e. The number of aromatic nitrogens is 2. The predicted molar refractivity (Wildman–Crippen MR) is 67.9 cm³/mol. The molecule has 0 unspecified atom stereocenters. The lowest BCUT2D eigenvalue weighted by molar-refractivity contribution is 0.102. The average Bonchev–Trinajstić information content (AvgIpc) is 2.71. The molecule has 2 aromatic rings. The molecule has 0 bridgehead atoms. The molecule has 0 aliphatic heterocycles. The highest BCUT2D eigenvalue weighted by Crippen LogP contribution is 2.29. The molecule has 0 aliphatic carbocycles. The number of anilines is 2. The van der Waals surface area contributed by atoms with Gasteiger partial charge in [0.15, 0.2) is 5.82 Å². The molecule has 6 nitrogen and oxygen atoms in total. The molecule has 18 heavy (non-hydrogen) atoms. The molecule has 0 saturated heterocycles. The maximum atomic E-state index is 11.8. The van der Waals surface area contributed by atoms with Crippen LogP contribution in [0.1, 0.15) is 16.2 Å². The number of nitrogen functional groups attached to an aromatic ring is 1. The topological polar surface area (TPSA) is 94.0 Å². The van der Waals surface area contributed by atoms with E-state index in [1.165, 1.54) is 12.1 Å². The minimum atomic E-state index is -0.470. The Morgan fingerprint density at radius 2 is 2.00 bits per heavy atom. The fraction of sp³-hybridized carbons (Fsp3) is 0.100. The number of nitrogens with zero attached hydrogens (tertiary/aromatic N) is 2. The van der Waals surface area contributed by atoms with Gasteiger partial charge in [0.1, 0.15) is 0 Å². The molecule has 0 spiro atoms. The van der Waals surface area contributed by atoms with Crippen LogP contribution in [0.3, 0.4) is 0 Å². The summed E-state index contributed by atoms with van der Waals surface area (Å²) in [6.07, 6.45) is 0. The molecule has 0 saturated carbocycles. The van der Waals surface area contributed by atoms with Crippen LogP contribution in [-0.2, 0) is 0 Å². The number of carbonyl (C=O) groups is 1. The first-order valence-electron chi connectivity index (χ1n) is 4.83. The summed E-state index contributed by atoms with van der Waals surface area (Å²) in [5, 5.41) is 6.36. The van der Waals surface area contributed by atoms with Gasteiger partial charge in [0, 0.05) is 5.56 Å². The molecule has 8 heteroatoms. The largest absolute Gasteiger partial charge is 0.396 e. The first kappa shape index (κ1) is 12.7. The molecule has 1 amide bonds. The van der Waals surface area contributed by atoms with Crippen LogP contribution >= 0.6 is 23.2 Å². The number of nitrogens with one attached hydrogen (secondary N) is 1. The van der Waals surface area contributed by atoms with Crippen molar-refractivity contribution < 1.29 is 9.32 Å². The molecule has 2 rings (SSSR count). The molecule has 0 atom stereocenters. The van der Waals surface area contributed by atoms with E-state index in [9.17, 15) is 4.79 Å². The van der Waals surface area contributed by atoms with Gasteiger partial charge in [-0.1, -0.05) is 28.4 Å². The number of hydrogen-bond donors (Lipinski definition) is 2. The van der Waals surface area contributed by atoms with Gasteiger partial charge in [0.05, 0.1) is 15.7 Å². The Bertz CT molecular complexity index is 589. The molecule has 1 aromatic carbocycles. The first-order chi connectivity index (χ1) is 8.47. The Morgan fingerprint density at radius 3 is 2.50 bits per heavy atom. The molecule has 0 radical (unpaired) electrons. The van der Waals surface area contributed by atoms with E-state index >= 15 is 0 Å². The number of halogens is 2. The third-order valence-corrected chi connectivity index (χ3v) is 2.71. The van der Waals surface area contributed by atoms with Crippen molar-refractivity contribution in [1.82, 2.24) is 10.1 Å². The Hall–Kier alpha value is -1.79. The molecule has 1 heterocycles. The van der Waals surface area contributed by atoms with Gasteiger partial charge in [-0.15, -0.1) is 0 Å². The van der Waals surface area contributed by atoms with Crippen LogP contribution in [0, 0.1) is 6.92 Å². The highest BCUT2D eigenvalue weighted by Gasteiger charge is 2.13. The van der Waals surface area contributed by atoms with E-state index in [1.54, 1.807) is 6.92 Å². The van der Waals surface area contributed by atoms with E-state index in [1.807, 2.05) is 0 Å². The van der Waals surface area contributed by atoms with E-state index in [-0.39, 0.29) is 27.3 Å². The number of hydrogen-bond acceptors (Lipinski definition) is 5. The second-order valence-corrected chi connectivity index (χ2v) is 4.27. The fourth-order valence-corrected chi connectivity index (χ4v) is 1.72. The fourth-order valence-electron chi connectivity index (χ4n) is 1.23. The van der Waals surface area contributed by atoms with Crippen LogP contribution in [0.4, 0.5) is 11.7 Å². The van der Waals surface area contributed by atoms with Crippen molar-refractivity contribution in [2.75, 3.05) is 11.1 Å². The van der Waals surface area contributed by atoms with Crippen molar-refractivity contribution in [2.45, 2.75) is 6.92 Å². The van der Waals surface area contributed by atoms with Crippen molar-refractivity contribution in [3.05, 3.63) is 33.6 Å². The van der Waals surface area contributed by atoms with Crippen LogP contribution in [-0.4, -0.2) is 16.0 Å². The van der Waals surface area contributed by atoms with Crippen molar-refractivity contribution >= 4 is 40.8 Å². The molecule has 3 N–H and O–H groups in total. The molecular weight excluding hydrogens is 279 g/mol. The van der Waals surface area contributed by atoms with Crippen LogP contribution in [0.15, 0.2) is 16.7 Å². The Balaban J connectivity index is 2.24. The summed E-state index contributed by atoms with van der Waals surface area (Å²) in [6, 6.07) is 2.81. The van der Waals surface area contributed by atoms with Gasteiger partial charge in [-0.25, -0.2) is 0 Å². The van der Waals surface area contributed by atoms with E-state index in [0.29, 0.717) is 5.82 Å². The minimum absolute atomic E-state index is 0.00145. The lowest BCUT2D eigenvalue weighted by Gasteiger charge is -2.05. The van der Waals surface area contributed by atoms with Gasteiger partial charge in [0.25, 0.3) is 5.91 Å². The Kier molecular flexibility index (Phi) is 3.40. The van der Waals surface area contributed by atoms with Gasteiger partial charge in [-0.05, 0) is 19.1 Å². The Labute approximate surface area is 112 Å². The smallest absolute Gasteiger partial charge is 0.328 e. The van der Waals surface area contributed by atoms with E-state index < -0.39 is 5.91 Å². The highest BCUT2D eigenvalue weighted by atomic mass is 35.5. The first-order valence-corrected chi connectivity index (χ1v) is 5.59. The average molecular weight is 287 g/mol. The zero-order valence-electron chi connectivity index (χ0n) is 9.20. The van der Waals surface area contributed by atoms with Crippen molar-refractivity contribution in [1.29, 1.82) is 0 Å². The zero-order chi connectivity index (χ0) is 13.3. The van der Waals surface area contributed by atoms with E-state index in [0.717, 1.165) is 0 Å². The maximum absolute atomic E-state index is 11.8. The third kappa shape index (κ3) is 2.55. The molecule has 1 aromatic heterocycles. The van der Waals surface area contributed by atoms with Crippen molar-refractivity contribution in [3.8, 4) is 0 Å². The number of rotatable bonds is 2. The summed E-state index contributed by atoms with van der Waals surface area (Å²) in [5.74, 6) is -0.0545. The normalized spacial score (nSPS) is 10.4. The van der Waals surface area contributed by atoms with Gasteiger partial charge >= 0.3 is 6.01 Å². The SMILES string of the molecule is Cc1noc(NC(=O)c2cc(Cl)c(N)c(Cl)c2)n1. The predicted octanol–water partition coefficient (Wildman–Crippen LogP) is 2.52. The number of amides is 1. The summed E-state index contributed by atoms with van der Waals surface area (Å²) >= 11 is 11.7. The van der Waals surface area contributed by atoms with Gasteiger partial charge in [-0.2, -0.15) is 4.98 Å². The standard InChI is InChI=1S/C10H8Cl2N4O2/c1-4-14-10(18-16-4)15-9(17)5-2-6(11)8(13)7(12)3-5/h2-3H,13H2,1H3,(H,14,15,16,17). The monoisotopic (exact) mass is 286 g/mol. The van der Waals surface area contributed by atoms with Gasteiger partial charge in [0.2, 0.25) is 0 Å². The lowest BCUT2D eigenvalue weighted by atomic mass is 10.2. The summed E-state index contributed by atoms with van der Waals surface area (Å²) in [6.45, 7) is 1.64. The number of aryl methyl sites for hydroxylation is 1. The second-order valence-electron chi connectivity index (χ2n) is 3.45. The summed E-state index contributed by atoms with van der Waals surface area (Å²) < 4.78 is 4.76. The molecule has 0 fully saturated rings. The number of nitrogens with two attached hydrogens (primary N) is 1. The molecule has 0 aliphatic rings. The third-order valence-electron chi connectivity index (χ3n) is 2.09. The molecule has 94 valence electrons. The van der Waals surface area contributed by atoms with Crippen LogP contribution < -0.4 is 11.1 Å². The Morgan fingerprint density at radius 1 is 1.39 bits per heavy atom. The van der Waals surface area contributed by atoms with E-state index in [2.05, 4.69) is 15.5 Å². The second kappa shape index (κ2) is 4.83. The quantitative estimate of drug-likeness (QED) is 0.828. The van der Waals surface area contributed by atoms with Crippen LogP contribution in [0.25, 0.3) is 0 Å². The zero-order valence-corrected chi connectivity index (χ0v) is 10.7. The number of carbonyl (C=O) groups excluding carboxylic acids is 1. The summed E-state index contributed by atoms with van der Waals surface area (Å²) in [4.78, 5) is 15.7. The van der Waals surface area contributed by atoms with E-state index in [4.69, 9.17) is 33.5 Å². The van der Waals surface area contributed by atoms with Crippen molar-refractivity contribution in [3.63, 3.8) is 0 Å². The summed E-state index contributed by atoms with van der Waals surface area (Å²) in [5.41, 5.74) is 6.04. The van der Waals surface area contributed by atoms with Gasteiger partial charge in [-0.3, -0.25) is 10.1 Å². The summed E-state index contributed by atoms with van der Waals surface area (Å²) in [7, 11) is 0. The lowest BCUT2D eigenvalue weighted by Crippen LogP contribution is -2.12. The molecular formula is C10H8Cl2N4O2. The maximum Gasteiger partial charge on any atom is 0.328 e. The van der Waals surface area contributed by atoms with Crippen molar-refractivity contribution in [2.24, 2.45) is 0 Å². The highest BCUT2D eigenvalue weighted by molar-refractivity contribution is 6.39. The van der Waals surface area contributed by atoms with Crippen LogP contribution in [0.2, 0.25) is 10.0 Å². The van der Waals surface area contributed by atoms with Crippen LogP contribution in [0.5, 0.6) is 0 Å². The van der Waals surface area contributed by atoms with Gasteiger partial charge < -0.3 is 10.3 Å². The number of benzene rings is 1.